The van der Waals surface area contributed by atoms with E-state index in [0.29, 0.717) is 13.0 Å². The average molecular weight is 543 g/mol. The summed E-state index contributed by atoms with van der Waals surface area (Å²) in [5.74, 6) is -2.10. The van der Waals surface area contributed by atoms with Crippen LogP contribution in [0.5, 0.6) is 5.75 Å². The van der Waals surface area contributed by atoms with Gasteiger partial charge >= 0.3 is 0 Å². The number of carbonyl (C=O) groups is 2. The molecule has 37 heavy (non-hydrogen) atoms. The predicted molar refractivity (Wildman–Crippen MR) is 138 cm³/mol. The summed E-state index contributed by atoms with van der Waals surface area (Å²) in [5.41, 5.74) is 5.97. The topological polar surface area (TPSA) is 99.7 Å². The van der Waals surface area contributed by atoms with Gasteiger partial charge < -0.3 is 20.3 Å². The Bertz CT molecular complexity index is 1530. The Hall–Kier alpha value is -3.68. The lowest BCUT2D eigenvalue weighted by Gasteiger charge is -2.46. The highest BCUT2D eigenvalue weighted by atomic mass is 35.5. The minimum Gasteiger partial charge on any atom is -0.491 e. The number of rotatable bonds is 2. The summed E-state index contributed by atoms with van der Waals surface area (Å²) >= 11 is 7.57. The number of anilines is 1. The molecule has 190 valence electrons. The number of hydrogen-bond acceptors (Lipinski definition) is 6. The number of fused-ring (bicyclic) bond motifs is 3. The molecule has 1 fully saturated rings. The highest BCUT2D eigenvalue weighted by molar-refractivity contribution is 7.23. The quantitative estimate of drug-likeness (QED) is 0.461. The molecule has 0 unspecified atom stereocenters. The standard InChI is InChI=1S/C26H21ClF2N4O3S/c1-3-19(34)32-11-13-6-7-36-23-15(26(35)33(13)10-12(32)2)8-18(29)21(22(23)27)14-4-5-17(28)24-20(14)16(9-30)25(31)37-24/h3-5,8,12-13H,1,6-7,10-11,31H2,2H3/t12-,13-/m0/s1. The monoisotopic (exact) mass is 542 g/mol. The van der Waals surface area contributed by atoms with E-state index in [2.05, 4.69) is 6.58 Å². The number of nitriles is 1. The van der Waals surface area contributed by atoms with E-state index in [1.165, 1.54) is 12.1 Å². The van der Waals surface area contributed by atoms with Crippen LogP contribution in [0.4, 0.5) is 13.8 Å². The van der Waals surface area contributed by atoms with Crippen LogP contribution in [0.25, 0.3) is 21.2 Å². The molecular weight excluding hydrogens is 522 g/mol. The van der Waals surface area contributed by atoms with E-state index in [4.69, 9.17) is 22.1 Å². The fraction of sp³-hybridized carbons (Fsp3) is 0.269. The number of halogens is 3. The van der Waals surface area contributed by atoms with Gasteiger partial charge in [0.2, 0.25) is 5.91 Å². The molecule has 2 N–H and O–H groups in total. The first kappa shape index (κ1) is 25.0. The summed E-state index contributed by atoms with van der Waals surface area (Å²) in [7, 11) is 0. The van der Waals surface area contributed by atoms with Gasteiger partial charge in [0, 0.05) is 36.5 Å². The zero-order chi connectivity index (χ0) is 26.6. The fourth-order valence-corrected chi connectivity index (χ4v) is 6.36. The van der Waals surface area contributed by atoms with Crippen LogP contribution >= 0.6 is 22.9 Å². The second-order valence-corrected chi connectivity index (χ2v) is 10.4. The number of thiophene rings is 1. The van der Waals surface area contributed by atoms with E-state index in [1.54, 1.807) is 9.80 Å². The molecule has 3 heterocycles. The van der Waals surface area contributed by atoms with Gasteiger partial charge in [0.1, 0.15) is 22.7 Å². The smallest absolute Gasteiger partial charge is 0.258 e. The maximum atomic E-state index is 15.7. The Morgan fingerprint density at radius 1 is 1.32 bits per heavy atom. The van der Waals surface area contributed by atoms with Gasteiger partial charge in [0.25, 0.3) is 5.91 Å². The molecule has 2 atom stereocenters. The van der Waals surface area contributed by atoms with Crippen molar-refractivity contribution in [2.24, 2.45) is 0 Å². The summed E-state index contributed by atoms with van der Waals surface area (Å²) < 4.78 is 36.3. The van der Waals surface area contributed by atoms with Gasteiger partial charge in [-0.15, -0.1) is 11.3 Å². The van der Waals surface area contributed by atoms with Crippen molar-refractivity contribution in [3.8, 4) is 22.9 Å². The number of hydrogen-bond donors (Lipinski definition) is 1. The van der Waals surface area contributed by atoms with Crippen LogP contribution in [0.3, 0.4) is 0 Å². The van der Waals surface area contributed by atoms with Crippen molar-refractivity contribution in [2.75, 3.05) is 25.4 Å². The van der Waals surface area contributed by atoms with E-state index < -0.39 is 17.5 Å². The third-order valence-electron chi connectivity index (χ3n) is 6.86. The molecule has 2 aliphatic heterocycles. The van der Waals surface area contributed by atoms with Crippen LogP contribution in [0, 0.1) is 23.0 Å². The zero-order valence-electron chi connectivity index (χ0n) is 19.7. The van der Waals surface area contributed by atoms with Gasteiger partial charge in [-0.2, -0.15) is 5.26 Å². The molecule has 0 radical (unpaired) electrons. The van der Waals surface area contributed by atoms with Gasteiger partial charge in [0.15, 0.2) is 5.75 Å². The van der Waals surface area contributed by atoms with E-state index in [1.807, 2.05) is 13.0 Å². The van der Waals surface area contributed by atoms with Gasteiger partial charge in [-0.05, 0) is 30.7 Å². The highest BCUT2D eigenvalue weighted by Crippen LogP contribution is 2.47. The molecule has 2 aromatic carbocycles. The Morgan fingerprint density at radius 3 is 2.78 bits per heavy atom. The van der Waals surface area contributed by atoms with Crippen LogP contribution in [0.1, 0.15) is 29.3 Å². The van der Waals surface area contributed by atoms with E-state index in [0.717, 1.165) is 23.5 Å². The Balaban J connectivity index is 1.63. The highest BCUT2D eigenvalue weighted by Gasteiger charge is 2.39. The first-order valence-electron chi connectivity index (χ1n) is 11.5. The lowest BCUT2D eigenvalue weighted by Crippen LogP contribution is -2.60. The molecule has 0 aliphatic carbocycles. The van der Waals surface area contributed by atoms with Crippen LogP contribution in [0.15, 0.2) is 30.9 Å². The molecular formula is C26H21ClF2N4O3S. The molecule has 0 bridgehead atoms. The summed E-state index contributed by atoms with van der Waals surface area (Å²) in [6.07, 6.45) is 1.66. The zero-order valence-corrected chi connectivity index (χ0v) is 21.3. The molecule has 3 aromatic rings. The minimum atomic E-state index is -0.826. The Morgan fingerprint density at radius 2 is 2.08 bits per heavy atom. The second-order valence-electron chi connectivity index (χ2n) is 8.97. The summed E-state index contributed by atoms with van der Waals surface area (Å²) in [5, 5.41) is 9.73. The van der Waals surface area contributed by atoms with E-state index >= 15 is 4.39 Å². The van der Waals surface area contributed by atoms with Crippen LogP contribution in [-0.4, -0.2) is 53.4 Å². The number of nitrogen functional groups attached to an aromatic ring is 1. The first-order valence-corrected chi connectivity index (χ1v) is 12.7. The maximum absolute atomic E-state index is 15.7. The summed E-state index contributed by atoms with van der Waals surface area (Å²) in [4.78, 5) is 29.2. The van der Waals surface area contributed by atoms with E-state index in [9.17, 15) is 19.2 Å². The summed E-state index contributed by atoms with van der Waals surface area (Å²) in [6.45, 7) is 6.08. The largest absolute Gasteiger partial charge is 0.491 e. The number of nitrogens with two attached hydrogens (primary N) is 1. The molecule has 7 nitrogen and oxygen atoms in total. The number of carbonyl (C=O) groups excluding carboxylic acids is 2. The first-order chi connectivity index (χ1) is 17.7. The van der Waals surface area contributed by atoms with Crippen molar-refractivity contribution in [3.63, 3.8) is 0 Å². The molecule has 0 saturated carbocycles. The molecule has 11 heteroatoms. The molecule has 2 amide bonds. The van der Waals surface area contributed by atoms with Gasteiger partial charge in [0.05, 0.1) is 33.5 Å². The van der Waals surface area contributed by atoms with Crippen molar-refractivity contribution < 1.29 is 23.1 Å². The van der Waals surface area contributed by atoms with E-state index in [-0.39, 0.29) is 79.3 Å². The van der Waals surface area contributed by atoms with Crippen LogP contribution in [0.2, 0.25) is 5.02 Å². The third kappa shape index (κ3) is 3.90. The minimum absolute atomic E-state index is 0.0120. The third-order valence-corrected chi connectivity index (χ3v) is 8.25. The van der Waals surface area contributed by atoms with Gasteiger partial charge in [-0.1, -0.05) is 24.2 Å². The lowest BCUT2D eigenvalue weighted by molar-refractivity contribution is -0.131. The van der Waals surface area contributed by atoms with Crippen LogP contribution < -0.4 is 10.5 Å². The van der Waals surface area contributed by atoms with Crippen molar-refractivity contribution in [2.45, 2.75) is 25.4 Å². The summed E-state index contributed by atoms with van der Waals surface area (Å²) in [6, 6.07) is 4.91. The normalized spacial score (nSPS) is 19.4. The van der Waals surface area contributed by atoms with Crippen molar-refractivity contribution in [1.82, 2.24) is 9.80 Å². The number of nitrogens with zero attached hydrogens (tertiary/aromatic N) is 3. The molecule has 2 aliphatic rings. The molecule has 1 saturated heterocycles. The fourth-order valence-electron chi connectivity index (χ4n) is 5.07. The maximum Gasteiger partial charge on any atom is 0.258 e. The lowest BCUT2D eigenvalue weighted by atomic mass is 9.95. The predicted octanol–water partition coefficient (Wildman–Crippen LogP) is 4.96. The molecule has 5 rings (SSSR count). The Labute approximate surface area is 220 Å². The number of benzene rings is 2. The molecule has 1 aromatic heterocycles. The average Bonchev–Trinajstić information content (AvgIpc) is 3.22. The molecule has 0 spiro atoms. The van der Waals surface area contributed by atoms with Gasteiger partial charge in [-0.3, -0.25) is 9.59 Å². The number of ether oxygens (including phenoxy) is 1. The Kier molecular flexibility index (Phi) is 6.30. The van der Waals surface area contributed by atoms with Crippen molar-refractivity contribution >= 4 is 49.8 Å². The second kappa shape index (κ2) is 9.32. The van der Waals surface area contributed by atoms with Crippen molar-refractivity contribution in [1.29, 1.82) is 5.26 Å². The number of piperazine rings is 1. The van der Waals surface area contributed by atoms with Crippen LogP contribution in [-0.2, 0) is 4.79 Å². The van der Waals surface area contributed by atoms with Crippen molar-refractivity contribution in [3.05, 3.63) is 58.6 Å². The SMILES string of the molecule is C=CC(=O)N1C[C@@H]2CCOc3c(cc(F)c(-c4ccc(F)c5sc(N)c(C#N)c45)c3Cl)C(=O)N2C[C@@H]1C. The van der Waals surface area contributed by atoms with Gasteiger partial charge in [-0.25, -0.2) is 8.78 Å². The number of amides is 2.